The molecule has 1 rings (SSSR count). The second-order valence-corrected chi connectivity index (χ2v) is 2.42. The molecule has 1 aromatic carbocycles. The Morgan fingerprint density at radius 1 is 1.46 bits per heavy atom. The Morgan fingerprint density at radius 2 is 2.23 bits per heavy atom. The first kappa shape index (κ1) is 9.18. The van der Waals surface area contributed by atoms with Crippen molar-refractivity contribution in [3.05, 3.63) is 40.3 Å². The van der Waals surface area contributed by atoms with E-state index >= 15 is 0 Å². The van der Waals surface area contributed by atoms with Crippen LogP contribution in [0.5, 0.6) is 0 Å². The highest BCUT2D eigenvalue weighted by Gasteiger charge is 1.95. The molecule has 0 N–H and O–H groups in total. The molecule has 0 saturated carbocycles. The lowest BCUT2D eigenvalue weighted by molar-refractivity contribution is 1.28. The molecule has 0 aromatic heterocycles. The topological polar surface area (TPSA) is 48.8 Å². The quantitative estimate of drug-likeness (QED) is 0.284. The summed E-state index contributed by atoms with van der Waals surface area (Å²) in [4.78, 5) is 2.75. The van der Waals surface area contributed by atoms with Crippen LogP contribution < -0.4 is 0 Å². The first-order valence-electron chi connectivity index (χ1n) is 3.91. The summed E-state index contributed by atoms with van der Waals surface area (Å²) in [5.74, 6) is 5.73. The molecule has 0 unspecified atom stereocenters. The fourth-order valence-corrected chi connectivity index (χ4v) is 0.990. The summed E-state index contributed by atoms with van der Waals surface area (Å²) >= 11 is 0. The van der Waals surface area contributed by atoms with Gasteiger partial charge in [0.1, 0.15) is 0 Å². The lowest BCUT2D eigenvalue weighted by Crippen LogP contribution is -1.80. The molecule has 0 aliphatic carbocycles. The van der Waals surface area contributed by atoms with Crippen LogP contribution in [0.1, 0.15) is 12.5 Å². The molecule has 1 aromatic rings. The van der Waals surface area contributed by atoms with Crippen molar-refractivity contribution in [1.29, 1.82) is 0 Å². The smallest absolute Gasteiger partial charge is 0.0417 e. The molecule has 0 radical (unpaired) electrons. The van der Waals surface area contributed by atoms with Gasteiger partial charge in [-0.2, -0.15) is 0 Å². The summed E-state index contributed by atoms with van der Waals surface area (Å²) in [6.45, 7) is 1.79. The Labute approximate surface area is 77.0 Å². The van der Waals surface area contributed by atoms with Gasteiger partial charge in [-0.3, -0.25) is 0 Å². The average Bonchev–Trinajstić information content (AvgIpc) is 2.17. The first-order chi connectivity index (χ1) is 6.38. The molecule has 0 aliphatic rings. The van der Waals surface area contributed by atoms with Gasteiger partial charge in [0.25, 0.3) is 0 Å². The van der Waals surface area contributed by atoms with Crippen molar-refractivity contribution in [2.24, 2.45) is 5.11 Å². The molecule has 3 heteroatoms. The van der Waals surface area contributed by atoms with Crippen molar-refractivity contribution < 1.29 is 0 Å². The number of hydrogen-bond donors (Lipinski definition) is 0. The van der Waals surface area contributed by atoms with Gasteiger partial charge in [0, 0.05) is 17.0 Å². The minimum absolute atomic E-state index is 0.631. The molecule has 0 heterocycles. The van der Waals surface area contributed by atoms with Gasteiger partial charge >= 0.3 is 0 Å². The maximum atomic E-state index is 8.29. The van der Waals surface area contributed by atoms with E-state index in [1.165, 1.54) is 0 Å². The predicted octanol–water partition coefficient (Wildman–Crippen LogP) is 3.19. The van der Waals surface area contributed by atoms with E-state index in [1.54, 1.807) is 13.0 Å². The van der Waals surface area contributed by atoms with Gasteiger partial charge in [-0.15, -0.1) is 5.92 Å². The molecule has 64 valence electrons. The number of benzene rings is 1. The summed E-state index contributed by atoms with van der Waals surface area (Å²) in [7, 11) is 0. The van der Waals surface area contributed by atoms with E-state index in [0.717, 1.165) is 5.56 Å². The maximum absolute atomic E-state index is 8.29. The van der Waals surface area contributed by atoms with Crippen LogP contribution >= 0.6 is 0 Å². The van der Waals surface area contributed by atoms with Crippen LogP contribution in [0.15, 0.2) is 29.4 Å². The summed E-state index contributed by atoms with van der Waals surface area (Å²) in [5.41, 5.74) is 9.92. The van der Waals surface area contributed by atoms with E-state index in [0.29, 0.717) is 12.1 Å². The Kier molecular flexibility index (Phi) is 3.44. The van der Waals surface area contributed by atoms with E-state index in [2.05, 4.69) is 21.9 Å². The molecule has 0 fully saturated rings. The second kappa shape index (κ2) is 4.87. The van der Waals surface area contributed by atoms with Crippen LogP contribution in [0.25, 0.3) is 10.4 Å². The Hall–Kier alpha value is -1.91. The lowest BCUT2D eigenvalue weighted by atomic mass is 10.1. The minimum Gasteiger partial charge on any atom is -0.106 e. The van der Waals surface area contributed by atoms with Crippen molar-refractivity contribution in [3.63, 3.8) is 0 Å². The van der Waals surface area contributed by atoms with Gasteiger partial charge < -0.3 is 0 Å². The van der Waals surface area contributed by atoms with Crippen LogP contribution in [-0.2, 0) is 6.42 Å². The normalized spacial score (nSPS) is 8.08. The Morgan fingerprint density at radius 3 is 2.92 bits per heavy atom. The Balaban J connectivity index is 3.01. The van der Waals surface area contributed by atoms with Gasteiger partial charge in [-0.1, -0.05) is 35.3 Å². The summed E-state index contributed by atoms with van der Waals surface area (Å²) in [6, 6.07) is 7.44. The third-order valence-corrected chi connectivity index (χ3v) is 1.60. The SMILES string of the molecule is CC#CCc1ccccc1N=[N+]=[N-]. The third-order valence-electron chi connectivity index (χ3n) is 1.60. The Bertz CT molecular complexity index is 392. The minimum atomic E-state index is 0.631. The molecular weight excluding hydrogens is 162 g/mol. The number of nitrogens with zero attached hydrogens (tertiary/aromatic N) is 3. The summed E-state index contributed by atoms with van der Waals surface area (Å²) in [5, 5.41) is 3.57. The average molecular weight is 171 g/mol. The van der Waals surface area contributed by atoms with Crippen LogP contribution in [0, 0.1) is 11.8 Å². The van der Waals surface area contributed by atoms with Crippen molar-refractivity contribution in [2.45, 2.75) is 13.3 Å². The zero-order chi connectivity index (χ0) is 9.52. The highest BCUT2D eigenvalue weighted by Crippen LogP contribution is 2.18. The largest absolute Gasteiger partial charge is 0.106 e. The molecule has 13 heavy (non-hydrogen) atoms. The van der Waals surface area contributed by atoms with Crippen LogP contribution in [-0.4, -0.2) is 0 Å². The number of hydrogen-bond acceptors (Lipinski definition) is 1. The van der Waals surface area contributed by atoms with E-state index < -0.39 is 0 Å². The predicted molar refractivity (Wildman–Crippen MR) is 52.4 cm³/mol. The molecule has 3 nitrogen and oxygen atoms in total. The summed E-state index contributed by atoms with van der Waals surface area (Å²) in [6.07, 6.45) is 0.631. The maximum Gasteiger partial charge on any atom is 0.0417 e. The van der Waals surface area contributed by atoms with Crippen molar-refractivity contribution >= 4 is 5.69 Å². The fourth-order valence-electron chi connectivity index (χ4n) is 0.990. The highest BCUT2D eigenvalue weighted by molar-refractivity contribution is 5.47. The van der Waals surface area contributed by atoms with Crippen LogP contribution in [0.2, 0.25) is 0 Å². The van der Waals surface area contributed by atoms with E-state index in [9.17, 15) is 0 Å². The van der Waals surface area contributed by atoms with Gasteiger partial charge in [0.15, 0.2) is 0 Å². The molecule has 0 atom stereocenters. The second-order valence-electron chi connectivity index (χ2n) is 2.42. The zero-order valence-electron chi connectivity index (χ0n) is 7.36. The van der Waals surface area contributed by atoms with Crippen LogP contribution in [0.3, 0.4) is 0 Å². The molecule has 0 saturated heterocycles. The van der Waals surface area contributed by atoms with Crippen molar-refractivity contribution in [1.82, 2.24) is 0 Å². The van der Waals surface area contributed by atoms with E-state index in [4.69, 9.17) is 5.53 Å². The van der Waals surface area contributed by atoms with Crippen molar-refractivity contribution in [2.75, 3.05) is 0 Å². The zero-order valence-corrected chi connectivity index (χ0v) is 7.36. The standard InChI is InChI=1S/C10H9N3/c1-2-3-6-9-7-4-5-8-10(9)12-13-11/h4-5,7-8H,6H2,1H3. The third kappa shape index (κ3) is 2.55. The number of azide groups is 1. The summed E-state index contributed by atoms with van der Waals surface area (Å²) < 4.78 is 0. The van der Waals surface area contributed by atoms with Crippen LogP contribution in [0.4, 0.5) is 5.69 Å². The van der Waals surface area contributed by atoms with Gasteiger partial charge in [0.05, 0.1) is 0 Å². The molecule has 0 amide bonds. The lowest BCUT2D eigenvalue weighted by Gasteiger charge is -1.98. The van der Waals surface area contributed by atoms with E-state index in [1.807, 2.05) is 18.2 Å². The number of rotatable bonds is 2. The fraction of sp³-hybridized carbons (Fsp3) is 0.200. The molecule has 0 spiro atoms. The monoisotopic (exact) mass is 171 g/mol. The van der Waals surface area contributed by atoms with Crippen molar-refractivity contribution in [3.8, 4) is 11.8 Å². The molecule has 0 aliphatic heterocycles. The highest BCUT2D eigenvalue weighted by atomic mass is 15.1. The molecule has 0 bridgehead atoms. The van der Waals surface area contributed by atoms with Gasteiger partial charge in [0.2, 0.25) is 0 Å². The van der Waals surface area contributed by atoms with Gasteiger partial charge in [-0.25, -0.2) is 0 Å². The van der Waals surface area contributed by atoms with E-state index in [-0.39, 0.29) is 0 Å². The van der Waals surface area contributed by atoms with Gasteiger partial charge in [-0.05, 0) is 18.0 Å². The first-order valence-corrected chi connectivity index (χ1v) is 3.91. The molecular formula is C10H9N3.